The second-order valence-electron chi connectivity index (χ2n) is 4.75. The van der Waals surface area contributed by atoms with Crippen LogP contribution in [0.1, 0.15) is 13.8 Å². The van der Waals surface area contributed by atoms with Gasteiger partial charge in [-0.25, -0.2) is 0 Å². The highest BCUT2D eigenvalue weighted by Gasteiger charge is 2.28. The maximum Gasteiger partial charge on any atom is 0.0946 e. The fourth-order valence-corrected chi connectivity index (χ4v) is 2.46. The predicted octanol–water partition coefficient (Wildman–Crippen LogP) is 1.74. The molecule has 1 aliphatic heterocycles. The van der Waals surface area contributed by atoms with Crippen molar-refractivity contribution in [3.63, 3.8) is 0 Å². The Bertz CT molecular complexity index is 313. The van der Waals surface area contributed by atoms with Gasteiger partial charge >= 0.3 is 0 Å². The molecule has 3 heteroatoms. The van der Waals surface area contributed by atoms with E-state index in [4.69, 9.17) is 0 Å². The molecular weight excluding hydrogens is 198 g/mol. The van der Waals surface area contributed by atoms with Gasteiger partial charge in [0.05, 0.1) is 6.17 Å². The molecule has 1 saturated heterocycles. The lowest BCUT2D eigenvalue weighted by molar-refractivity contribution is 0.147. The maximum absolute atomic E-state index is 3.58. The normalized spacial score (nSPS) is 31.3. The van der Waals surface area contributed by atoms with E-state index in [1.807, 2.05) is 6.07 Å². The van der Waals surface area contributed by atoms with E-state index in [1.54, 1.807) is 0 Å². The molecule has 0 aromatic heterocycles. The summed E-state index contributed by atoms with van der Waals surface area (Å²) < 4.78 is 0. The summed E-state index contributed by atoms with van der Waals surface area (Å²) in [5.74, 6) is 0. The Balaban J connectivity index is 2.03. The van der Waals surface area contributed by atoms with E-state index in [2.05, 4.69) is 60.7 Å². The van der Waals surface area contributed by atoms with Crippen molar-refractivity contribution in [2.45, 2.75) is 32.1 Å². The van der Waals surface area contributed by atoms with Gasteiger partial charge in [-0.2, -0.15) is 0 Å². The molecule has 3 nitrogen and oxygen atoms in total. The molecule has 88 valence electrons. The molecule has 0 saturated carbocycles. The third kappa shape index (κ3) is 2.54. The summed E-state index contributed by atoms with van der Waals surface area (Å²) in [7, 11) is 2.18. The Morgan fingerprint density at radius 2 is 1.94 bits per heavy atom. The van der Waals surface area contributed by atoms with Crippen LogP contribution in [0.3, 0.4) is 0 Å². The minimum Gasteiger partial charge on any atom is -0.368 e. The van der Waals surface area contributed by atoms with Crippen molar-refractivity contribution in [1.29, 1.82) is 0 Å². The zero-order valence-corrected chi connectivity index (χ0v) is 10.3. The summed E-state index contributed by atoms with van der Waals surface area (Å²) in [6.07, 6.45) is 0.360. The van der Waals surface area contributed by atoms with Crippen molar-refractivity contribution >= 4 is 5.69 Å². The van der Waals surface area contributed by atoms with E-state index in [0.717, 1.165) is 6.54 Å². The minimum atomic E-state index is 0.360. The zero-order valence-electron chi connectivity index (χ0n) is 10.3. The van der Waals surface area contributed by atoms with Crippen molar-refractivity contribution in [3.8, 4) is 0 Å². The summed E-state index contributed by atoms with van der Waals surface area (Å²) in [5, 5.41) is 7.14. The number of para-hydroxylation sites is 1. The molecule has 0 radical (unpaired) electrons. The third-order valence-corrected chi connectivity index (χ3v) is 3.15. The van der Waals surface area contributed by atoms with E-state index in [0.29, 0.717) is 18.2 Å². The fraction of sp³-hybridized carbons (Fsp3) is 0.538. The van der Waals surface area contributed by atoms with Crippen LogP contribution in [0.4, 0.5) is 5.69 Å². The van der Waals surface area contributed by atoms with Gasteiger partial charge in [-0.05, 0) is 33.0 Å². The van der Waals surface area contributed by atoms with Crippen LogP contribution in [0.25, 0.3) is 0 Å². The maximum atomic E-state index is 3.58. The number of rotatable bonds is 2. The average molecular weight is 219 g/mol. The molecule has 2 rings (SSSR count). The lowest BCUT2D eigenvalue weighted by Crippen LogP contribution is -2.61. The number of nitrogens with zero attached hydrogens (tertiary/aromatic N) is 1. The van der Waals surface area contributed by atoms with E-state index < -0.39 is 0 Å². The van der Waals surface area contributed by atoms with Gasteiger partial charge in [0.15, 0.2) is 0 Å². The van der Waals surface area contributed by atoms with Gasteiger partial charge in [0.2, 0.25) is 0 Å². The topological polar surface area (TPSA) is 27.3 Å². The first-order valence-corrected chi connectivity index (χ1v) is 5.94. The Labute approximate surface area is 97.8 Å². The Morgan fingerprint density at radius 1 is 1.25 bits per heavy atom. The largest absolute Gasteiger partial charge is 0.368 e. The average Bonchev–Trinajstić information content (AvgIpc) is 2.25. The molecule has 1 aromatic rings. The van der Waals surface area contributed by atoms with Crippen LogP contribution in [0.5, 0.6) is 0 Å². The summed E-state index contributed by atoms with van der Waals surface area (Å²) in [6.45, 7) is 5.54. The summed E-state index contributed by atoms with van der Waals surface area (Å²) in [4.78, 5) is 2.37. The number of likely N-dealkylation sites (N-methyl/N-ethyl adjacent to an activating group) is 1. The van der Waals surface area contributed by atoms with Crippen molar-refractivity contribution in [3.05, 3.63) is 30.3 Å². The quantitative estimate of drug-likeness (QED) is 0.793. The van der Waals surface area contributed by atoms with Gasteiger partial charge < -0.3 is 10.6 Å². The lowest BCUT2D eigenvalue weighted by atomic mass is 10.1. The molecular formula is C13H21N3. The van der Waals surface area contributed by atoms with Crippen LogP contribution in [0.2, 0.25) is 0 Å². The summed E-state index contributed by atoms with van der Waals surface area (Å²) in [6, 6.07) is 11.4. The highest BCUT2D eigenvalue weighted by Crippen LogP contribution is 2.15. The van der Waals surface area contributed by atoms with Crippen LogP contribution in [0.15, 0.2) is 30.3 Å². The SMILES string of the molecule is CC1CN(C)C(Nc2ccccc2)C(C)N1. The molecule has 3 unspecified atom stereocenters. The number of piperazine rings is 1. The molecule has 3 atom stereocenters. The number of anilines is 1. The molecule has 0 bridgehead atoms. The number of benzene rings is 1. The van der Waals surface area contributed by atoms with E-state index in [-0.39, 0.29) is 0 Å². The van der Waals surface area contributed by atoms with Gasteiger partial charge in [0.1, 0.15) is 0 Å². The first kappa shape index (κ1) is 11.4. The van der Waals surface area contributed by atoms with Gasteiger partial charge in [-0.1, -0.05) is 18.2 Å². The van der Waals surface area contributed by atoms with Crippen molar-refractivity contribution in [2.24, 2.45) is 0 Å². The molecule has 1 aliphatic rings. The molecule has 1 aromatic carbocycles. The summed E-state index contributed by atoms with van der Waals surface area (Å²) >= 11 is 0. The second-order valence-corrected chi connectivity index (χ2v) is 4.75. The third-order valence-electron chi connectivity index (χ3n) is 3.15. The van der Waals surface area contributed by atoms with Crippen LogP contribution in [-0.4, -0.2) is 36.7 Å². The first-order valence-electron chi connectivity index (χ1n) is 5.94. The number of hydrogen-bond donors (Lipinski definition) is 2. The van der Waals surface area contributed by atoms with Crippen LogP contribution < -0.4 is 10.6 Å². The molecule has 0 aliphatic carbocycles. The molecule has 16 heavy (non-hydrogen) atoms. The van der Waals surface area contributed by atoms with Gasteiger partial charge in [-0.3, -0.25) is 4.90 Å². The van der Waals surface area contributed by atoms with Crippen LogP contribution in [-0.2, 0) is 0 Å². The molecule has 0 amide bonds. The monoisotopic (exact) mass is 219 g/mol. The fourth-order valence-electron chi connectivity index (χ4n) is 2.46. The highest BCUT2D eigenvalue weighted by molar-refractivity contribution is 5.43. The standard InChI is InChI=1S/C13H21N3/c1-10-9-16(3)13(11(2)14-10)15-12-7-5-4-6-8-12/h4-8,10-11,13-15H,9H2,1-3H3. The predicted molar refractivity (Wildman–Crippen MR) is 68.5 cm³/mol. The number of hydrogen-bond acceptors (Lipinski definition) is 3. The Morgan fingerprint density at radius 3 is 2.56 bits per heavy atom. The highest BCUT2D eigenvalue weighted by atomic mass is 15.3. The van der Waals surface area contributed by atoms with Gasteiger partial charge in [-0.15, -0.1) is 0 Å². The van der Waals surface area contributed by atoms with Crippen LogP contribution in [0, 0.1) is 0 Å². The van der Waals surface area contributed by atoms with Crippen molar-refractivity contribution in [1.82, 2.24) is 10.2 Å². The molecule has 2 N–H and O–H groups in total. The smallest absolute Gasteiger partial charge is 0.0946 e. The zero-order chi connectivity index (χ0) is 11.5. The lowest BCUT2D eigenvalue weighted by Gasteiger charge is -2.42. The number of nitrogens with one attached hydrogen (secondary N) is 2. The minimum absolute atomic E-state index is 0.360. The first-order chi connectivity index (χ1) is 7.66. The molecule has 1 fully saturated rings. The van der Waals surface area contributed by atoms with E-state index in [1.165, 1.54) is 5.69 Å². The van der Waals surface area contributed by atoms with Crippen molar-refractivity contribution < 1.29 is 0 Å². The Hall–Kier alpha value is -1.06. The van der Waals surface area contributed by atoms with E-state index >= 15 is 0 Å². The van der Waals surface area contributed by atoms with Crippen molar-refractivity contribution in [2.75, 3.05) is 18.9 Å². The molecule has 1 heterocycles. The second kappa shape index (κ2) is 4.85. The Kier molecular flexibility index (Phi) is 3.46. The van der Waals surface area contributed by atoms with Gasteiger partial charge in [0.25, 0.3) is 0 Å². The van der Waals surface area contributed by atoms with E-state index in [9.17, 15) is 0 Å². The van der Waals surface area contributed by atoms with Crippen LogP contribution >= 0.6 is 0 Å². The summed E-state index contributed by atoms with van der Waals surface area (Å²) in [5.41, 5.74) is 1.18. The molecule has 0 spiro atoms. The van der Waals surface area contributed by atoms with Gasteiger partial charge in [0, 0.05) is 24.3 Å².